The quantitative estimate of drug-likeness (QED) is 0.634. The van der Waals surface area contributed by atoms with Crippen molar-refractivity contribution < 1.29 is 9.53 Å². The molecule has 0 aliphatic carbocycles. The minimum atomic E-state index is -0.158. The maximum Gasteiger partial charge on any atom is 0.264 e. The molecule has 3 aromatic rings. The van der Waals surface area contributed by atoms with Crippen LogP contribution < -0.4 is 9.64 Å². The monoisotopic (exact) mass is 277 g/mol. The number of rotatable bonds is 0. The molecule has 5 heteroatoms. The molecule has 1 aliphatic rings. The number of amides is 1. The van der Waals surface area contributed by atoms with E-state index in [1.54, 1.807) is 25.2 Å². The number of ether oxygens (including phenoxy) is 1. The van der Waals surface area contributed by atoms with E-state index in [9.17, 15) is 4.79 Å². The zero-order valence-corrected chi connectivity index (χ0v) is 11.3. The molecule has 1 aromatic heterocycles. The van der Waals surface area contributed by atoms with Crippen LogP contribution in [0.3, 0.4) is 0 Å². The van der Waals surface area contributed by atoms with E-state index in [1.165, 1.54) is 4.90 Å². The van der Waals surface area contributed by atoms with Gasteiger partial charge >= 0.3 is 0 Å². The molecule has 5 nitrogen and oxygen atoms in total. The molecule has 0 fully saturated rings. The smallest absolute Gasteiger partial charge is 0.264 e. The van der Waals surface area contributed by atoms with E-state index in [0.29, 0.717) is 23.0 Å². The fourth-order valence-corrected chi connectivity index (χ4v) is 2.37. The number of carbonyl (C=O) groups is 1. The van der Waals surface area contributed by atoms with Gasteiger partial charge in [-0.3, -0.25) is 9.69 Å². The molecule has 21 heavy (non-hydrogen) atoms. The van der Waals surface area contributed by atoms with Crippen LogP contribution in [0.2, 0.25) is 0 Å². The predicted octanol–water partition coefficient (Wildman–Crippen LogP) is 3.01. The third-order valence-corrected chi connectivity index (χ3v) is 3.47. The topological polar surface area (TPSA) is 55.3 Å². The minimum Gasteiger partial charge on any atom is -0.435 e. The molecule has 0 radical (unpaired) electrons. The summed E-state index contributed by atoms with van der Waals surface area (Å²) in [5, 5.41) is 0. The summed E-state index contributed by atoms with van der Waals surface area (Å²) < 4.78 is 5.82. The Hall–Kier alpha value is -2.95. The van der Waals surface area contributed by atoms with Crippen molar-refractivity contribution in [2.24, 2.45) is 0 Å². The minimum absolute atomic E-state index is 0.158. The van der Waals surface area contributed by atoms with Gasteiger partial charge in [0.1, 0.15) is 5.75 Å². The van der Waals surface area contributed by atoms with E-state index in [2.05, 4.69) is 9.97 Å². The summed E-state index contributed by atoms with van der Waals surface area (Å²) in [5.41, 5.74) is 1.96. The predicted molar refractivity (Wildman–Crippen MR) is 78.8 cm³/mol. The molecule has 0 spiro atoms. The molecule has 0 N–H and O–H groups in total. The van der Waals surface area contributed by atoms with Gasteiger partial charge in [-0.15, -0.1) is 0 Å². The molecule has 1 aliphatic heterocycles. The van der Waals surface area contributed by atoms with E-state index in [1.807, 2.05) is 30.3 Å². The number of hydrogen-bond acceptors (Lipinski definition) is 4. The molecule has 102 valence electrons. The van der Waals surface area contributed by atoms with Crippen LogP contribution >= 0.6 is 0 Å². The number of fused-ring (bicyclic) bond motifs is 3. The normalized spacial score (nSPS) is 13.4. The number of nitrogens with zero attached hydrogens (tertiary/aromatic N) is 3. The van der Waals surface area contributed by atoms with Gasteiger partial charge in [0.05, 0.1) is 16.6 Å². The maximum absolute atomic E-state index is 12.5. The molecule has 0 atom stereocenters. The SMILES string of the molecule is CN1C(=O)c2ccccc2Oc2nc3ccccc3nc21. The van der Waals surface area contributed by atoms with Crippen LogP contribution in [-0.4, -0.2) is 22.9 Å². The lowest BCUT2D eigenvalue weighted by atomic mass is 10.2. The maximum atomic E-state index is 12.5. The molecule has 4 rings (SSSR count). The van der Waals surface area contributed by atoms with Crippen molar-refractivity contribution in [3.63, 3.8) is 0 Å². The van der Waals surface area contributed by atoms with Crippen LogP contribution in [0.15, 0.2) is 48.5 Å². The molecular formula is C16H11N3O2. The average Bonchev–Trinajstić information content (AvgIpc) is 2.62. The molecule has 2 aromatic carbocycles. The fourth-order valence-electron chi connectivity index (χ4n) is 2.37. The van der Waals surface area contributed by atoms with Crippen LogP contribution in [0, 0.1) is 0 Å². The van der Waals surface area contributed by atoms with Crippen molar-refractivity contribution in [2.45, 2.75) is 0 Å². The van der Waals surface area contributed by atoms with Gasteiger partial charge in [0, 0.05) is 7.05 Å². The average molecular weight is 277 g/mol. The number of benzene rings is 2. The van der Waals surface area contributed by atoms with Crippen molar-refractivity contribution in [3.8, 4) is 11.6 Å². The third-order valence-electron chi connectivity index (χ3n) is 3.47. The van der Waals surface area contributed by atoms with Crippen molar-refractivity contribution in [1.29, 1.82) is 0 Å². The fraction of sp³-hybridized carbons (Fsp3) is 0.0625. The zero-order valence-electron chi connectivity index (χ0n) is 11.3. The van der Waals surface area contributed by atoms with Crippen molar-refractivity contribution in [1.82, 2.24) is 9.97 Å². The van der Waals surface area contributed by atoms with E-state index in [0.717, 1.165) is 11.0 Å². The Morgan fingerprint density at radius 3 is 2.43 bits per heavy atom. The van der Waals surface area contributed by atoms with Gasteiger partial charge in [0.2, 0.25) is 0 Å². The molecule has 2 heterocycles. The van der Waals surface area contributed by atoms with Crippen LogP contribution in [0.4, 0.5) is 5.82 Å². The highest BCUT2D eigenvalue weighted by Crippen LogP contribution is 2.36. The highest BCUT2D eigenvalue weighted by atomic mass is 16.5. The Morgan fingerprint density at radius 1 is 0.952 bits per heavy atom. The van der Waals surface area contributed by atoms with Gasteiger partial charge < -0.3 is 4.74 Å². The number of aromatic nitrogens is 2. The van der Waals surface area contributed by atoms with Crippen LogP contribution in [0.5, 0.6) is 11.6 Å². The zero-order chi connectivity index (χ0) is 14.4. The summed E-state index contributed by atoms with van der Waals surface area (Å²) in [5.74, 6) is 1.11. The lowest BCUT2D eigenvalue weighted by Gasteiger charge is -2.14. The summed E-state index contributed by atoms with van der Waals surface area (Å²) in [6, 6.07) is 14.6. The number of carbonyl (C=O) groups excluding carboxylic acids is 1. The lowest BCUT2D eigenvalue weighted by molar-refractivity contribution is 0.0992. The molecule has 0 unspecified atom stereocenters. The second-order valence-corrected chi connectivity index (χ2v) is 4.80. The highest BCUT2D eigenvalue weighted by molar-refractivity contribution is 6.08. The Labute approximate surface area is 120 Å². The van der Waals surface area contributed by atoms with Gasteiger partial charge in [-0.25, -0.2) is 9.97 Å². The summed E-state index contributed by atoms with van der Waals surface area (Å²) in [7, 11) is 1.68. The largest absolute Gasteiger partial charge is 0.435 e. The second kappa shape index (κ2) is 4.28. The molecule has 1 amide bonds. The standard InChI is InChI=1S/C16H11N3O2/c1-19-14-15(18-12-8-4-3-7-11(12)17-14)21-13-9-5-2-6-10(13)16(19)20/h2-9H,1H3. The summed E-state index contributed by atoms with van der Waals surface area (Å²) >= 11 is 0. The van der Waals surface area contributed by atoms with Crippen molar-refractivity contribution >= 4 is 22.8 Å². The highest BCUT2D eigenvalue weighted by Gasteiger charge is 2.27. The Kier molecular flexibility index (Phi) is 2.41. The van der Waals surface area contributed by atoms with Crippen LogP contribution in [0.1, 0.15) is 10.4 Å². The summed E-state index contributed by atoms with van der Waals surface area (Å²) in [6.45, 7) is 0. The Morgan fingerprint density at radius 2 is 1.62 bits per heavy atom. The van der Waals surface area contributed by atoms with Crippen LogP contribution in [-0.2, 0) is 0 Å². The van der Waals surface area contributed by atoms with Gasteiger partial charge in [-0.1, -0.05) is 24.3 Å². The Bertz CT molecular complexity index is 876. The molecule has 0 saturated carbocycles. The molecular weight excluding hydrogens is 266 g/mol. The first kappa shape index (κ1) is 11.8. The number of anilines is 1. The van der Waals surface area contributed by atoms with Gasteiger partial charge in [-0.2, -0.15) is 0 Å². The van der Waals surface area contributed by atoms with Crippen molar-refractivity contribution in [2.75, 3.05) is 11.9 Å². The van der Waals surface area contributed by atoms with E-state index in [4.69, 9.17) is 4.74 Å². The summed E-state index contributed by atoms with van der Waals surface area (Å²) in [6.07, 6.45) is 0. The summed E-state index contributed by atoms with van der Waals surface area (Å²) in [4.78, 5) is 23.0. The first-order chi connectivity index (χ1) is 10.2. The molecule has 0 bridgehead atoms. The first-order valence-electron chi connectivity index (χ1n) is 6.56. The van der Waals surface area contributed by atoms with Gasteiger partial charge in [0.15, 0.2) is 5.82 Å². The van der Waals surface area contributed by atoms with Gasteiger partial charge in [-0.05, 0) is 24.3 Å². The third kappa shape index (κ3) is 1.74. The van der Waals surface area contributed by atoms with E-state index in [-0.39, 0.29) is 5.91 Å². The first-order valence-corrected chi connectivity index (χ1v) is 6.56. The van der Waals surface area contributed by atoms with Crippen LogP contribution in [0.25, 0.3) is 11.0 Å². The second-order valence-electron chi connectivity index (χ2n) is 4.80. The van der Waals surface area contributed by atoms with E-state index >= 15 is 0 Å². The van der Waals surface area contributed by atoms with Crippen molar-refractivity contribution in [3.05, 3.63) is 54.1 Å². The number of para-hydroxylation sites is 3. The lowest BCUT2D eigenvalue weighted by Crippen LogP contribution is -2.26. The Balaban J connectivity index is 2.00. The number of hydrogen-bond donors (Lipinski definition) is 0. The van der Waals surface area contributed by atoms with E-state index < -0.39 is 0 Å². The van der Waals surface area contributed by atoms with Gasteiger partial charge in [0.25, 0.3) is 11.8 Å². The molecule has 0 saturated heterocycles.